The maximum Gasteiger partial charge on any atom is 0.309 e. The summed E-state index contributed by atoms with van der Waals surface area (Å²) < 4.78 is 4.96. The third kappa shape index (κ3) is 1.67. The van der Waals surface area contributed by atoms with Gasteiger partial charge < -0.3 is 10.5 Å². The summed E-state index contributed by atoms with van der Waals surface area (Å²) >= 11 is 0. The molecule has 2 aliphatic carbocycles. The summed E-state index contributed by atoms with van der Waals surface area (Å²) in [6, 6.07) is 0.254. The SMILES string of the molecule is CCOC(=O)[C@H]1[C@@H]2CC[C@@H](N)[C@@H]21.Cl. The van der Waals surface area contributed by atoms with E-state index in [-0.39, 0.29) is 30.3 Å². The summed E-state index contributed by atoms with van der Waals surface area (Å²) in [5.41, 5.74) is 5.84. The lowest BCUT2D eigenvalue weighted by molar-refractivity contribution is -0.145. The van der Waals surface area contributed by atoms with Gasteiger partial charge in [0.25, 0.3) is 0 Å². The third-order valence-corrected chi connectivity index (χ3v) is 3.12. The summed E-state index contributed by atoms with van der Waals surface area (Å²) in [5, 5.41) is 0. The van der Waals surface area contributed by atoms with Gasteiger partial charge in [-0.25, -0.2) is 0 Å². The Morgan fingerprint density at radius 1 is 1.54 bits per heavy atom. The summed E-state index contributed by atoms with van der Waals surface area (Å²) in [4.78, 5) is 11.3. The highest BCUT2D eigenvalue weighted by Crippen LogP contribution is 2.57. The van der Waals surface area contributed by atoms with E-state index in [0.29, 0.717) is 18.4 Å². The van der Waals surface area contributed by atoms with Gasteiger partial charge in [0.2, 0.25) is 0 Å². The number of hydrogen-bond donors (Lipinski definition) is 1. The number of carbonyl (C=O) groups excluding carboxylic acids is 1. The molecule has 2 saturated carbocycles. The van der Waals surface area contributed by atoms with Gasteiger partial charge in [0.1, 0.15) is 0 Å². The van der Waals surface area contributed by atoms with E-state index < -0.39 is 0 Å². The van der Waals surface area contributed by atoms with E-state index in [1.165, 1.54) is 0 Å². The molecule has 13 heavy (non-hydrogen) atoms. The van der Waals surface area contributed by atoms with Crippen LogP contribution in [0.2, 0.25) is 0 Å². The summed E-state index contributed by atoms with van der Waals surface area (Å²) in [7, 11) is 0. The fraction of sp³-hybridized carbons (Fsp3) is 0.889. The molecule has 0 aromatic rings. The highest BCUT2D eigenvalue weighted by atomic mass is 35.5. The molecule has 0 heterocycles. The van der Waals surface area contributed by atoms with Crippen molar-refractivity contribution in [2.24, 2.45) is 23.5 Å². The van der Waals surface area contributed by atoms with Crippen LogP contribution < -0.4 is 5.73 Å². The van der Waals surface area contributed by atoms with Gasteiger partial charge in [-0.3, -0.25) is 4.79 Å². The van der Waals surface area contributed by atoms with Crippen LogP contribution >= 0.6 is 12.4 Å². The van der Waals surface area contributed by atoms with Crippen LogP contribution in [0.5, 0.6) is 0 Å². The molecule has 0 spiro atoms. The van der Waals surface area contributed by atoms with Gasteiger partial charge in [-0.1, -0.05) is 0 Å². The average molecular weight is 206 g/mol. The van der Waals surface area contributed by atoms with Crippen LogP contribution in [0.15, 0.2) is 0 Å². The Bertz CT molecular complexity index is 210. The molecule has 0 aromatic heterocycles. The first-order chi connectivity index (χ1) is 5.75. The van der Waals surface area contributed by atoms with Crippen molar-refractivity contribution in [2.45, 2.75) is 25.8 Å². The van der Waals surface area contributed by atoms with E-state index >= 15 is 0 Å². The highest BCUT2D eigenvalue weighted by molar-refractivity contribution is 5.85. The lowest BCUT2D eigenvalue weighted by Gasteiger charge is -2.07. The van der Waals surface area contributed by atoms with E-state index in [1.54, 1.807) is 0 Å². The molecule has 0 radical (unpaired) electrons. The van der Waals surface area contributed by atoms with Gasteiger partial charge in [0.05, 0.1) is 12.5 Å². The van der Waals surface area contributed by atoms with Crippen molar-refractivity contribution in [3.8, 4) is 0 Å². The Labute approximate surface area is 84.4 Å². The monoisotopic (exact) mass is 205 g/mol. The topological polar surface area (TPSA) is 52.3 Å². The first kappa shape index (κ1) is 10.8. The van der Waals surface area contributed by atoms with E-state index in [0.717, 1.165) is 12.8 Å². The Hall–Kier alpha value is -0.280. The number of esters is 1. The maximum atomic E-state index is 11.3. The molecule has 2 fully saturated rings. The number of rotatable bonds is 2. The molecule has 2 N–H and O–H groups in total. The molecule has 0 saturated heterocycles. The predicted molar refractivity (Wildman–Crippen MR) is 51.6 cm³/mol. The molecule has 4 atom stereocenters. The van der Waals surface area contributed by atoms with Crippen LogP contribution in [0.4, 0.5) is 0 Å². The Kier molecular flexibility index (Phi) is 3.19. The van der Waals surface area contributed by atoms with Gasteiger partial charge in [-0.05, 0) is 31.6 Å². The smallest absolute Gasteiger partial charge is 0.309 e. The van der Waals surface area contributed by atoms with Crippen LogP contribution in [0.3, 0.4) is 0 Å². The van der Waals surface area contributed by atoms with Crippen molar-refractivity contribution in [2.75, 3.05) is 6.61 Å². The van der Waals surface area contributed by atoms with Crippen molar-refractivity contribution in [1.29, 1.82) is 0 Å². The molecule has 4 heteroatoms. The zero-order valence-corrected chi connectivity index (χ0v) is 8.55. The normalized spacial score (nSPS) is 40.5. The van der Waals surface area contributed by atoms with Crippen LogP contribution in [0.25, 0.3) is 0 Å². The van der Waals surface area contributed by atoms with Gasteiger partial charge in [-0.2, -0.15) is 0 Å². The molecule has 0 unspecified atom stereocenters. The number of halogens is 1. The fourth-order valence-corrected chi connectivity index (χ4v) is 2.50. The van der Waals surface area contributed by atoms with Gasteiger partial charge in [-0.15, -0.1) is 12.4 Å². The quantitative estimate of drug-likeness (QED) is 0.684. The van der Waals surface area contributed by atoms with Crippen molar-refractivity contribution in [3.05, 3.63) is 0 Å². The lowest BCUT2D eigenvalue weighted by Crippen LogP contribution is -2.23. The van der Waals surface area contributed by atoms with E-state index in [2.05, 4.69) is 0 Å². The second-order valence-corrected chi connectivity index (χ2v) is 3.76. The van der Waals surface area contributed by atoms with E-state index in [1.807, 2.05) is 6.92 Å². The van der Waals surface area contributed by atoms with Crippen LogP contribution in [-0.2, 0) is 9.53 Å². The molecular weight excluding hydrogens is 190 g/mol. The second-order valence-electron chi connectivity index (χ2n) is 3.76. The number of fused-ring (bicyclic) bond motifs is 1. The standard InChI is InChI=1S/C9H15NO2.ClH/c1-2-12-9(11)8-5-3-4-6(10)7(5)8;/h5-8H,2-4,10H2,1H3;1H/t5-,6-,7-,8+;/m1./s1. The molecule has 2 rings (SSSR count). The number of carbonyl (C=O) groups is 1. The van der Waals surface area contributed by atoms with E-state index in [4.69, 9.17) is 10.5 Å². The molecule has 0 amide bonds. The van der Waals surface area contributed by atoms with Crippen LogP contribution in [0.1, 0.15) is 19.8 Å². The van der Waals surface area contributed by atoms with Crippen molar-refractivity contribution in [1.82, 2.24) is 0 Å². The minimum absolute atomic E-state index is 0. The molecule has 0 aromatic carbocycles. The molecule has 76 valence electrons. The van der Waals surface area contributed by atoms with Crippen LogP contribution in [0, 0.1) is 17.8 Å². The molecule has 0 bridgehead atoms. The Balaban J connectivity index is 0.000000845. The second kappa shape index (κ2) is 3.84. The molecular formula is C9H16ClNO2. The predicted octanol–water partition coefficient (Wildman–Crippen LogP) is 0.955. The maximum absolute atomic E-state index is 11.3. The average Bonchev–Trinajstić information content (AvgIpc) is 2.65. The van der Waals surface area contributed by atoms with Gasteiger partial charge in [0, 0.05) is 6.04 Å². The zero-order valence-electron chi connectivity index (χ0n) is 7.73. The molecule has 3 nitrogen and oxygen atoms in total. The summed E-state index contributed by atoms with van der Waals surface area (Å²) in [6.07, 6.45) is 2.21. The number of hydrogen-bond acceptors (Lipinski definition) is 3. The van der Waals surface area contributed by atoms with Gasteiger partial charge in [0.15, 0.2) is 0 Å². The first-order valence-corrected chi connectivity index (χ1v) is 4.68. The number of nitrogens with two attached hydrogens (primary N) is 1. The Morgan fingerprint density at radius 2 is 2.23 bits per heavy atom. The zero-order chi connectivity index (χ0) is 8.72. The summed E-state index contributed by atoms with van der Waals surface area (Å²) in [5.74, 6) is 1.12. The fourth-order valence-electron chi connectivity index (χ4n) is 2.50. The van der Waals surface area contributed by atoms with E-state index in [9.17, 15) is 4.79 Å². The van der Waals surface area contributed by atoms with Crippen molar-refractivity contribution < 1.29 is 9.53 Å². The van der Waals surface area contributed by atoms with Crippen molar-refractivity contribution >= 4 is 18.4 Å². The largest absolute Gasteiger partial charge is 0.466 e. The minimum Gasteiger partial charge on any atom is -0.466 e. The molecule has 0 aliphatic heterocycles. The minimum atomic E-state index is -0.0253. The number of ether oxygens (including phenoxy) is 1. The Morgan fingerprint density at radius 3 is 2.69 bits per heavy atom. The van der Waals surface area contributed by atoms with Crippen LogP contribution in [-0.4, -0.2) is 18.6 Å². The first-order valence-electron chi connectivity index (χ1n) is 4.68. The lowest BCUT2D eigenvalue weighted by atomic mass is 10.1. The van der Waals surface area contributed by atoms with Crippen molar-refractivity contribution in [3.63, 3.8) is 0 Å². The molecule has 2 aliphatic rings. The third-order valence-electron chi connectivity index (χ3n) is 3.12. The van der Waals surface area contributed by atoms with Gasteiger partial charge >= 0.3 is 5.97 Å². The summed E-state index contributed by atoms with van der Waals surface area (Å²) in [6.45, 7) is 2.33. The highest BCUT2D eigenvalue weighted by Gasteiger charge is 2.61.